The molecule has 30 heteroatoms. The van der Waals surface area contributed by atoms with Crippen molar-refractivity contribution in [2.75, 3.05) is 92.9 Å². The number of rotatable bonds is 47. The van der Waals surface area contributed by atoms with Crippen LogP contribution < -0.4 is 37.6 Å². The second-order valence-electron chi connectivity index (χ2n) is 27.5. The van der Waals surface area contributed by atoms with Gasteiger partial charge in [0.05, 0.1) is 69.7 Å². The summed E-state index contributed by atoms with van der Waals surface area (Å²) in [5.41, 5.74) is 6.86. The topological polar surface area (TPSA) is 392 Å². The molecule has 11 atom stereocenters. The van der Waals surface area contributed by atoms with Gasteiger partial charge < -0.3 is 81.0 Å². The van der Waals surface area contributed by atoms with E-state index < -0.39 is 132 Å². The van der Waals surface area contributed by atoms with Crippen LogP contribution in [0.5, 0.6) is 0 Å². The highest BCUT2D eigenvalue weighted by Crippen LogP contribution is 2.30. The Bertz CT molecular complexity index is 3120. The summed E-state index contributed by atoms with van der Waals surface area (Å²) in [4.78, 5) is 166. The number of methoxy groups -OCH3 is 2. The number of primary amides is 1. The molecule has 30 nitrogen and oxygen atoms in total. The van der Waals surface area contributed by atoms with Crippen molar-refractivity contribution in [2.45, 2.75) is 194 Å². The standard InChI is InChI=1S/C74H115N11O19/c1-14-49(8)65(57(86)44-61(90)84-36-22-26-56(84)66(100-13)50(9)67(91)79-55(43-51-23-17-15-18-24-51)72(96)103-42-41-102-40-39-101-38-37-99-12)82(10)71(95)63(47(4)5)81-70(94)64(48(6)7)83(11)74(98)104-45-52-28-30-53(31-29-52)77-68(92)54(25-21-34-76-73(75)97)78-69(93)62(46(2)3)80-58(87)27-19-16-20-35-85-59(88)32-33-60(85)89/h15,17-18,23-24,28-33,46-50,54-57,62-66,86H,14,16,19-22,25-27,34-45H2,1-13H3,(H,77,92)(H,78,93)(H,79,91)(H,80,87)(H,81,94)(H3,75,76,97)/t49-,50+,54-,55-,56-,57+,62-,63-,64-,65-,66+/m0/s1. The number of anilines is 1. The maximum Gasteiger partial charge on any atom is 0.410 e. The molecule has 580 valence electrons. The van der Waals surface area contributed by atoms with Gasteiger partial charge in [-0.1, -0.05) is 118 Å². The molecule has 1 fully saturated rings. The van der Waals surface area contributed by atoms with Gasteiger partial charge in [-0.3, -0.25) is 53.0 Å². The summed E-state index contributed by atoms with van der Waals surface area (Å²) in [6.45, 7) is 17.8. The van der Waals surface area contributed by atoms with Crippen LogP contribution in [0.15, 0.2) is 66.7 Å². The maximum atomic E-state index is 14.8. The Morgan fingerprint density at radius 2 is 1.29 bits per heavy atom. The van der Waals surface area contributed by atoms with Gasteiger partial charge in [-0.25, -0.2) is 14.4 Å². The minimum Gasteiger partial charge on any atom is -0.462 e. The van der Waals surface area contributed by atoms with Crippen LogP contribution in [-0.4, -0.2) is 238 Å². The van der Waals surface area contributed by atoms with Crippen molar-refractivity contribution in [1.82, 2.24) is 46.2 Å². The van der Waals surface area contributed by atoms with Crippen molar-refractivity contribution >= 4 is 76.9 Å². The Balaban J connectivity index is 1.37. The molecule has 0 aromatic heterocycles. The van der Waals surface area contributed by atoms with E-state index in [1.165, 1.54) is 38.3 Å². The number of unbranched alkanes of at least 4 members (excludes halogenated alkanes) is 2. The lowest BCUT2D eigenvalue weighted by Gasteiger charge is -2.40. The minimum absolute atomic E-state index is 0.0570. The number of urea groups is 1. The average molecular weight is 1460 g/mol. The molecule has 104 heavy (non-hydrogen) atoms. The van der Waals surface area contributed by atoms with Crippen LogP contribution in [0.4, 0.5) is 15.3 Å². The first-order valence-corrected chi connectivity index (χ1v) is 36.1. The highest BCUT2D eigenvalue weighted by molar-refractivity contribution is 6.12. The lowest BCUT2D eigenvalue weighted by Crippen LogP contribution is -2.60. The van der Waals surface area contributed by atoms with E-state index in [2.05, 4.69) is 31.9 Å². The molecule has 0 unspecified atom stereocenters. The molecule has 1 saturated heterocycles. The van der Waals surface area contributed by atoms with E-state index in [0.29, 0.717) is 76.1 Å². The molecule has 0 saturated carbocycles. The molecule has 2 aromatic rings. The Kier molecular flexibility index (Phi) is 38.5. The number of aliphatic hydroxyl groups excluding tert-OH is 1. The van der Waals surface area contributed by atoms with Crippen molar-refractivity contribution < 1.29 is 91.1 Å². The van der Waals surface area contributed by atoms with Crippen molar-refractivity contribution in [1.29, 1.82) is 0 Å². The Morgan fingerprint density at radius 3 is 1.88 bits per heavy atom. The number of imide groups is 1. The fourth-order valence-corrected chi connectivity index (χ4v) is 12.6. The Labute approximate surface area is 612 Å². The van der Waals surface area contributed by atoms with Crippen molar-refractivity contribution in [3.05, 3.63) is 77.9 Å². The summed E-state index contributed by atoms with van der Waals surface area (Å²) in [6.07, 6.45) is 2.56. The fraction of sp³-hybridized carbons (Fsp3) is 0.649. The van der Waals surface area contributed by atoms with Gasteiger partial charge in [0.15, 0.2) is 0 Å². The van der Waals surface area contributed by atoms with E-state index in [9.17, 15) is 62.6 Å². The van der Waals surface area contributed by atoms with E-state index in [-0.39, 0.29) is 95.3 Å². The van der Waals surface area contributed by atoms with Crippen LogP contribution in [0.1, 0.15) is 138 Å². The van der Waals surface area contributed by atoms with Gasteiger partial charge in [-0.2, -0.15) is 0 Å². The van der Waals surface area contributed by atoms with E-state index in [1.807, 2.05) is 44.2 Å². The third kappa shape index (κ3) is 28.5. The smallest absolute Gasteiger partial charge is 0.410 e. The molecule has 9 N–H and O–H groups in total. The zero-order valence-corrected chi connectivity index (χ0v) is 62.9. The molecule has 2 aliphatic heterocycles. The second-order valence-corrected chi connectivity index (χ2v) is 27.5. The summed E-state index contributed by atoms with van der Waals surface area (Å²) >= 11 is 0. The number of likely N-dealkylation sites (tertiary alicyclic amines) is 1. The molecule has 0 radical (unpaired) electrons. The summed E-state index contributed by atoms with van der Waals surface area (Å²) in [5, 5.41) is 28.6. The number of nitrogens with zero attached hydrogens (tertiary/aromatic N) is 4. The number of hydrogen-bond donors (Lipinski definition) is 8. The number of carbonyl (C=O) groups excluding carboxylic acids is 12. The second kappa shape index (κ2) is 45.6. The van der Waals surface area contributed by atoms with Crippen molar-refractivity contribution in [3.8, 4) is 0 Å². The van der Waals surface area contributed by atoms with Gasteiger partial charge in [-0.15, -0.1) is 0 Å². The van der Waals surface area contributed by atoms with E-state index in [4.69, 9.17) is 34.2 Å². The third-order valence-corrected chi connectivity index (χ3v) is 18.6. The quantitative estimate of drug-likeness (QED) is 0.0262. The Morgan fingerprint density at radius 1 is 0.663 bits per heavy atom. The Hall–Kier alpha value is -8.58. The number of nitrogens with two attached hydrogens (primary N) is 1. The SMILES string of the molecule is CC[C@H](C)[C@@H]([C@H](O)CC(=O)N1CCC[C@H]1[C@H](OC)[C@@H](C)C(=O)N[C@@H](Cc1ccccc1)C(=O)OCCOCCOCCOC)N(C)C(=O)[C@@H](NC(=O)[C@H](C(C)C)N(C)C(=O)OCc1ccc(NC(=O)[C@H](CCCNC(N)=O)NC(=O)[C@@H](NC(=O)CCCCCN2C(=O)C=CC2=O)C(C)C)cc1)C(C)C. The number of esters is 1. The van der Waals surface area contributed by atoms with Gasteiger partial charge in [0, 0.05) is 78.6 Å². The molecule has 2 aromatic carbocycles. The van der Waals surface area contributed by atoms with Crippen molar-refractivity contribution in [2.24, 2.45) is 35.3 Å². The number of ether oxygens (including phenoxy) is 6. The predicted molar refractivity (Wildman–Crippen MR) is 386 cm³/mol. The number of amides is 12. The van der Waals surface area contributed by atoms with E-state index in [1.54, 1.807) is 84.7 Å². The van der Waals surface area contributed by atoms with Crippen LogP contribution in [0.3, 0.4) is 0 Å². The van der Waals surface area contributed by atoms with Crippen LogP contribution in [0, 0.1) is 29.6 Å². The number of carbonyl (C=O) groups is 12. The molecule has 0 bridgehead atoms. The largest absolute Gasteiger partial charge is 0.462 e. The molecule has 2 heterocycles. The molecule has 0 aliphatic carbocycles. The van der Waals surface area contributed by atoms with Crippen LogP contribution in [-0.2, 0) is 89.4 Å². The number of benzene rings is 2. The summed E-state index contributed by atoms with van der Waals surface area (Å²) in [5.74, 6) is -7.70. The number of likely N-dealkylation sites (N-methyl/N-ethyl adjacent to an activating group) is 2. The van der Waals surface area contributed by atoms with Gasteiger partial charge >= 0.3 is 18.1 Å². The molecule has 12 amide bonds. The number of aliphatic hydroxyl groups is 1. The lowest BCUT2D eigenvalue weighted by atomic mass is 9.89. The molecule has 4 rings (SSSR count). The normalized spacial score (nSPS) is 16.5. The van der Waals surface area contributed by atoms with Crippen LogP contribution in [0.25, 0.3) is 0 Å². The number of hydrogen-bond acceptors (Lipinski definition) is 19. The fourth-order valence-electron chi connectivity index (χ4n) is 12.6. The number of nitrogens with one attached hydrogen (secondary N) is 6. The van der Waals surface area contributed by atoms with E-state index >= 15 is 0 Å². The first-order chi connectivity index (χ1) is 49.4. The first-order valence-electron chi connectivity index (χ1n) is 36.1. The summed E-state index contributed by atoms with van der Waals surface area (Å²) in [7, 11) is 5.96. The van der Waals surface area contributed by atoms with Crippen molar-refractivity contribution in [3.63, 3.8) is 0 Å². The summed E-state index contributed by atoms with van der Waals surface area (Å²) < 4.78 is 33.1. The third-order valence-electron chi connectivity index (χ3n) is 18.6. The maximum absolute atomic E-state index is 14.8. The highest BCUT2D eigenvalue weighted by Gasteiger charge is 2.44. The van der Waals surface area contributed by atoms with Gasteiger partial charge in [0.2, 0.25) is 41.4 Å². The van der Waals surface area contributed by atoms with Gasteiger partial charge in [0.25, 0.3) is 11.8 Å². The lowest BCUT2D eigenvalue weighted by molar-refractivity contribution is -0.151. The van der Waals surface area contributed by atoms with Gasteiger partial charge in [-0.05, 0) is 85.5 Å². The van der Waals surface area contributed by atoms with Crippen LogP contribution >= 0.6 is 0 Å². The zero-order chi connectivity index (χ0) is 77.2. The molecular formula is C74H115N11O19. The monoisotopic (exact) mass is 1460 g/mol. The first kappa shape index (κ1) is 87.8. The van der Waals surface area contributed by atoms with Gasteiger partial charge in [0.1, 0.15) is 43.4 Å². The van der Waals surface area contributed by atoms with Crippen LogP contribution in [0.2, 0.25) is 0 Å². The minimum atomic E-state index is -1.38. The van der Waals surface area contributed by atoms with E-state index in [0.717, 1.165) is 15.4 Å². The average Bonchev–Trinajstić information content (AvgIpc) is 1.54. The molecular weight excluding hydrogens is 1350 g/mol. The summed E-state index contributed by atoms with van der Waals surface area (Å²) in [6, 6.07) is 7.75. The zero-order valence-electron chi connectivity index (χ0n) is 62.9. The molecule has 2 aliphatic rings. The predicted octanol–water partition coefficient (Wildman–Crippen LogP) is 4.13. The highest BCUT2D eigenvalue weighted by atomic mass is 16.6. The molecule has 0 spiro atoms.